The van der Waals surface area contributed by atoms with E-state index in [1.165, 1.54) is 0 Å². The minimum absolute atomic E-state index is 0.0685. The van der Waals surface area contributed by atoms with Gasteiger partial charge in [-0.3, -0.25) is 4.90 Å². The lowest BCUT2D eigenvalue weighted by molar-refractivity contribution is 0.0147. The number of morpholine rings is 1. The van der Waals surface area contributed by atoms with E-state index >= 15 is 0 Å². The van der Waals surface area contributed by atoms with Gasteiger partial charge in [0.25, 0.3) is 0 Å². The summed E-state index contributed by atoms with van der Waals surface area (Å²) in [5, 5.41) is 6.12. The Bertz CT molecular complexity index is 258. The average Bonchev–Trinajstić information content (AvgIpc) is 2.25. The molecule has 0 bridgehead atoms. The van der Waals surface area contributed by atoms with Crippen molar-refractivity contribution in [2.75, 3.05) is 32.8 Å². The van der Waals surface area contributed by atoms with Crippen molar-refractivity contribution < 1.29 is 4.74 Å². The van der Waals surface area contributed by atoms with E-state index in [0.717, 1.165) is 26.3 Å². The molecule has 1 heterocycles. The van der Waals surface area contributed by atoms with Crippen molar-refractivity contribution in [3.8, 4) is 0 Å². The van der Waals surface area contributed by atoms with Gasteiger partial charge in [0, 0.05) is 19.6 Å². The summed E-state index contributed by atoms with van der Waals surface area (Å²) in [4.78, 5) is 2.24. The molecule has 8 heteroatoms. The number of hydrogen-bond acceptors (Lipinski definition) is 4. The number of thiol groups is 2. The van der Waals surface area contributed by atoms with Gasteiger partial charge in [-0.05, 0) is 0 Å². The molecule has 1 atom stereocenters. The Morgan fingerprint density at radius 1 is 1.25 bits per heavy atom. The van der Waals surface area contributed by atoms with Crippen LogP contribution < -0.4 is 10.6 Å². The molecule has 1 aliphatic rings. The lowest BCUT2D eigenvalue weighted by Crippen LogP contribution is -2.55. The summed E-state index contributed by atoms with van der Waals surface area (Å²) in [7, 11) is 0. The van der Waals surface area contributed by atoms with Gasteiger partial charge in [0.2, 0.25) is 0 Å². The first-order chi connectivity index (χ1) is 7.59. The van der Waals surface area contributed by atoms with Gasteiger partial charge in [-0.1, -0.05) is 24.4 Å². The number of nitrogens with one attached hydrogen (secondary N) is 2. The normalized spacial score (nSPS) is 18.9. The van der Waals surface area contributed by atoms with Crippen LogP contribution in [-0.4, -0.2) is 52.6 Å². The first-order valence-corrected chi connectivity index (χ1v) is 6.58. The van der Waals surface area contributed by atoms with Gasteiger partial charge in [0.1, 0.15) is 8.64 Å². The number of ether oxygens (including phenoxy) is 1. The van der Waals surface area contributed by atoms with E-state index in [2.05, 4.69) is 40.8 Å². The Morgan fingerprint density at radius 2 is 1.88 bits per heavy atom. The number of nitrogens with zero attached hydrogens (tertiary/aromatic N) is 1. The molecule has 0 spiro atoms. The first kappa shape index (κ1) is 14.5. The van der Waals surface area contributed by atoms with Crippen molar-refractivity contribution >= 4 is 58.3 Å². The predicted molar refractivity (Wildman–Crippen MR) is 80.5 cm³/mol. The summed E-state index contributed by atoms with van der Waals surface area (Å²) in [6, 6.07) is 0. The molecule has 4 nitrogen and oxygen atoms in total. The van der Waals surface area contributed by atoms with E-state index in [-0.39, 0.29) is 6.17 Å². The molecule has 16 heavy (non-hydrogen) atoms. The summed E-state index contributed by atoms with van der Waals surface area (Å²) < 4.78 is 6.25. The monoisotopic (exact) mass is 297 g/mol. The highest BCUT2D eigenvalue weighted by molar-refractivity contribution is 8.11. The van der Waals surface area contributed by atoms with Crippen LogP contribution in [0.15, 0.2) is 0 Å². The smallest absolute Gasteiger partial charge is 0.131 e. The van der Waals surface area contributed by atoms with Crippen molar-refractivity contribution in [3.63, 3.8) is 0 Å². The minimum atomic E-state index is 0.0685. The molecule has 0 radical (unpaired) electrons. The number of thiocarbonyl (C=S) groups is 2. The molecule has 0 aliphatic carbocycles. The maximum Gasteiger partial charge on any atom is 0.131 e. The predicted octanol–water partition coefficient (Wildman–Crippen LogP) is 0.253. The van der Waals surface area contributed by atoms with Crippen LogP contribution >= 0.6 is 49.7 Å². The summed E-state index contributed by atoms with van der Waals surface area (Å²) in [6.45, 7) is 3.86. The Morgan fingerprint density at radius 3 is 2.38 bits per heavy atom. The van der Waals surface area contributed by atoms with E-state index in [0.29, 0.717) is 15.2 Å². The molecule has 1 fully saturated rings. The second kappa shape index (κ2) is 7.67. The maximum atomic E-state index is 5.30. The number of rotatable bonds is 4. The Kier molecular flexibility index (Phi) is 6.94. The minimum Gasteiger partial charge on any atom is -0.379 e. The van der Waals surface area contributed by atoms with Gasteiger partial charge in [-0.25, -0.2) is 0 Å². The molecule has 1 aliphatic heterocycles. The Labute approximate surface area is 117 Å². The fraction of sp³-hybridized carbons (Fsp3) is 0.750. The fourth-order valence-corrected chi connectivity index (χ4v) is 1.95. The van der Waals surface area contributed by atoms with Crippen LogP contribution in [0, 0.1) is 0 Å². The molecule has 2 N–H and O–H groups in total. The zero-order chi connectivity index (χ0) is 12.0. The molecule has 1 saturated heterocycles. The quantitative estimate of drug-likeness (QED) is 0.440. The molecular formula is C8H15N3OS4. The highest BCUT2D eigenvalue weighted by Gasteiger charge is 2.20. The topological polar surface area (TPSA) is 36.5 Å². The second-order valence-electron chi connectivity index (χ2n) is 3.30. The summed E-state index contributed by atoms with van der Waals surface area (Å²) in [5.41, 5.74) is 0. The van der Waals surface area contributed by atoms with Crippen LogP contribution in [0.1, 0.15) is 0 Å². The third-order valence-electron chi connectivity index (χ3n) is 2.22. The van der Waals surface area contributed by atoms with E-state index < -0.39 is 0 Å². The third-order valence-corrected chi connectivity index (χ3v) is 2.77. The van der Waals surface area contributed by atoms with Gasteiger partial charge >= 0.3 is 0 Å². The second-order valence-corrected chi connectivity index (χ2v) is 5.62. The molecule has 0 saturated carbocycles. The van der Waals surface area contributed by atoms with Crippen molar-refractivity contribution in [2.24, 2.45) is 0 Å². The van der Waals surface area contributed by atoms with Crippen LogP contribution in [-0.2, 0) is 4.74 Å². The van der Waals surface area contributed by atoms with Gasteiger partial charge in [0.15, 0.2) is 0 Å². The zero-order valence-electron chi connectivity index (χ0n) is 8.68. The summed E-state index contributed by atoms with van der Waals surface area (Å²) in [5.74, 6) is 0. The largest absolute Gasteiger partial charge is 0.379 e. The zero-order valence-corrected chi connectivity index (χ0v) is 12.1. The lowest BCUT2D eigenvalue weighted by atomic mass is 10.3. The van der Waals surface area contributed by atoms with E-state index in [9.17, 15) is 0 Å². The molecule has 0 amide bonds. The first-order valence-electron chi connectivity index (χ1n) is 4.87. The van der Waals surface area contributed by atoms with Gasteiger partial charge in [-0.15, -0.1) is 25.3 Å². The molecule has 92 valence electrons. The van der Waals surface area contributed by atoms with E-state index in [4.69, 9.17) is 29.2 Å². The van der Waals surface area contributed by atoms with Gasteiger partial charge < -0.3 is 15.4 Å². The van der Waals surface area contributed by atoms with Crippen LogP contribution in [0.3, 0.4) is 0 Å². The van der Waals surface area contributed by atoms with Crippen LogP contribution in [0.4, 0.5) is 0 Å². The van der Waals surface area contributed by atoms with Crippen LogP contribution in [0.25, 0.3) is 0 Å². The van der Waals surface area contributed by atoms with Crippen LogP contribution in [0.5, 0.6) is 0 Å². The van der Waals surface area contributed by atoms with Gasteiger partial charge in [0.05, 0.1) is 19.4 Å². The van der Waals surface area contributed by atoms with E-state index in [1.54, 1.807) is 0 Å². The molecule has 1 rings (SSSR count). The molecule has 0 aromatic heterocycles. The number of hydrogen-bond donors (Lipinski definition) is 4. The molecule has 0 aromatic carbocycles. The third kappa shape index (κ3) is 5.65. The van der Waals surface area contributed by atoms with Gasteiger partial charge in [-0.2, -0.15) is 0 Å². The SMILES string of the molecule is S=C(S)NCC(NC(=S)S)N1CCOCC1. The Balaban J connectivity index is 2.47. The van der Waals surface area contributed by atoms with Crippen molar-refractivity contribution in [1.82, 2.24) is 15.5 Å². The maximum absolute atomic E-state index is 5.30. The van der Waals surface area contributed by atoms with Crippen molar-refractivity contribution in [3.05, 3.63) is 0 Å². The standard InChI is InChI=1S/C8H15N3OS4/c13-7(14)9-5-6(10-8(15)16)11-1-3-12-4-2-11/h6H,1-5H2,(H2,9,13,14)(H2,10,15,16). The fourth-order valence-electron chi connectivity index (χ4n) is 1.49. The highest BCUT2D eigenvalue weighted by Crippen LogP contribution is 2.02. The lowest BCUT2D eigenvalue weighted by Gasteiger charge is -2.35. The average molecular weight is 297 g/mol. The highest BCUT2D eigenvalue weighted by atomic mass is 32.1. The summed E-state index contributed by atoms with van der Waals surface area (Å²) >= 11 is 17.9. The molecular weight excluding hydrogens is 282 g/mol. The molecule has 1 unspecified atom stereocenters. The Hall–Kier alpha value is 0.400. The van der Waals surface area contributed by atoms with Crippen molar-refractivity contribution in [2.45, 2.75) is 6.17 Å². The summed E-state index contributed by atoms with van der Waals surface area (Å²) in [6.07, 6.45) is 0.0685. The van der Waals surface area contributed by atoms with Crippen LogP contribution in [0.2, 0.25) is 0 Å². The van der Waals surface area contributed by atoms with Crippen molar-refractivity contribution in [1.29, 1.82) is 0 Å². The van der Waals surface area contributed by atoms with E-state index in [1.807, 2.05) is 0 Å². The molecule has 0 aromatic rings.